The molecule has 2 aliphatic rings. The second-order valence-corrected chi connectivity index (χ2v) is 8.02. The van der Waals surface area contributed by atoms with E-state index in [1.54, 1.807) is 13.4 Å². The fraction of sp³-hybridized carbons (Fsp3) is 0.458. The van der Waals surface area contributed by atoms with Crippen molar-refractivity contribution in [2.75, 3.05) is 33.3 Å². The van der Waals surface area contributed by atoms with Gasteiger partial charge in [-0.25, -0.2) is 0 Å². The molecule has 1 aromatic heterocycles. The van der Waals surface area contributed by atoms with Gasteiger partial charge in [-0.2, -0.15) is 0 Å². The van der Waals surface area contributed by atoms with Crippen molar-refractivity contribution in [2.24, 2.45) is 5.92 Å². The molecular weight excluding hydrogens is 364 g/mol. The lowest BCUT2D eigenvalue weighted by molar-refractivity contribution is -0.140. The number of methoxy groups -OCH3 is 1. The molecule has 0 spiro atoms. The van der Waals surface area contributed by atoms with Crippen molar-refractivity contribution in [3.8, 4) is 5.75 Å². The molecule has 0 aliphatic carbocycles. The van der Waals surface area contributed by atoms with Gasteiger partial charge in [-0.15, -0.1) is 0 Å². The SMILES string of the molecule is COc1cccc(CCN2C(=O)CC[C@@H]3CN(CC=Cc4ccco4)CC[C@@H]32)c1. The van der Waals surface area contributed by atoms with Crippen LogP contribution in [0.4, 0.5) is 0 Å². The van der Waals surface area contributed by atoms with Gasteiger partial charge in [-0.05, 0) is 61.1 Å². The molecule has 4 rings (SSSR count). The van der Waals surface area contributed by atoms with E-state index in [1.807, 2.05) is 30.3 Å². The van der Waals surface area contributed by atoms with Crippen LogP contribution < -0.4 is 4.74 Å². The summed E-state index contributed by atoms with van der Waals surface area (Å²) < 4.78 is 10.7. The van der Waals surface area contributed by atoms with Crippen molar-refractivity contribution in [2.45, 2.75) is 31.7 Å². The second-order valence-electron chi connectivity index (χ2n) is 8.02. The Morgan fingerprint density at radius 3 is 3.00 bits per heavy atom. The number of fused-ring (bicyclic) bond motifs is 1. The molecule has 5 nitrogen and oxygen atoms in total. The highest BCUT2D eigenvalue weighted by Crippen LogP contribution is 2.31. The van der Waals surface area contributed by atoms with E-state index in [1.165, 1.54) is 5.56 Å². The van der Waals surface area contributed by atoms with E-state index in [0.29, 0.717) is 24.3 Å². The Hall–Kier alpha value is -2.53. The molecule has 0 bridgehead atoms. The number of rotatable bonds is 7. The first-order valence-corrected chi connectivity index (χ1v) is 10.6. The summed E-state index contributed by atoms with van der Waals surface area (Å²) in [7, 11) is 1.69. The minimum absolute atomic E-state index is 0.320. The van der Waals surface area contributed by atoms with Gasteiger partial charge in [0, 0.05) is 38.6 Å². The fourth-order valence-corrected chi connectivity index (χ4v) is 4.66. The lowest BCUT2D eigenvalue weighted by Crippen LogP contribution is -2.56. The Morgan fingerprint density at radius 1 is 1.24 bits per heavy atom. The summed E-state index contributed by atoms with van der Waals surface area (Å²) >= 11 is 0. The third-order valence-corrected chi connectivity index (χ3v) is 6.19. The van der Waals surface area contributed by atoms with E-state index >= 15 is 0 Å². The van der Waals surface area contributed by atoms with Crippen molar-refractivity contribution in [3.05, 3.63) is 60.1 Å². The summed E-state index contributed by atoms with van der Waals surface area (Å²) in [4.78, 5) is 17.3. The van der Waals surface area contributed by atoms with Crippen LogP contribution in [0.5, 0.6) is 5.75 Å². The average Bonchev–Trinajstić information content (AvgIpc) is 3.27. The molecule has 0 radical (unpaired) electrons. The van der Waals surface area contributed by atoms with Crippen LogP contribution in [-0.2, 0) is 11.2 Å². The fourth-order valence-electron chi connectivity index (χ4n) is 4.66. The maximum Gasteiger partial charge on any atom is 0.222 e. The van der Waals surface area contributed by atoms with Gasteiger partial charge in [0.15, 0.2) is 0 Å². The quantitative estimate of drug-likeness (QED) is 0.715. The molecular formula is C24H30N2O3. The van der Waals surface area contributed by atoms with Crippen molar-refractivity contribution in [1.29, 1.82) is 0 Å². The van der Waals surface area contributed by atoms with E-state index in [2.05, 4.69) is 28.0 Å². The Morgan fingerprint density at radius 2 is 2.17 bits per heavy atom. The predicted octanol–water partition coefficient (Wildman–Crippen LogP) is 3.86. The zero-order valence-electron chi connectivity index (χ0n) is 17.1. The number of likely N-dealkylation sites (tertiary alicyclic amines) is 2. The minimum Gasteiger partial charge on any atom is -0.497 e. The van der Waals surface area contributed by atoms with Gasteiger partial charge < -0.3 is 14.1 Å². The number of hydrogen-bond donors (Lipinski definition) is 0. The minimum atomic E-state index is 0.320. The topological polar surface area (TPSA) is 45.9 Å². The molecule has 29 heavy (non-hydrogen) atoms. The first-order chi connectivity index (χ1) is 14.2. The third-order valence-electron chi connectivity index (χ3n) is 6.19. The highest BCUT2D eigenvalue weighted by molar-refractivity contribution is 5.77. The standard InChI is InChI=1S/C24H30N2O3/c1-28-22-6-2-5-19(17-22)11-15-26-23-12-14-25(18-20(23)9-10-24(26)27)13-3-7-21-8-4-16-29-21/h2-8,16-17,20,23H,9-15,18H2,1H3/t20-,23+/m1/s1. The van der Waals surface area contributed by atoms with E-state index in [0.717, 1.165) is 57.0 Å². The molecule has 5 heteroatoms. The number of hydrogen-bond acceptors (Lipinski definition) is 4. The first kappa shape index (κ1) is 19.8. The van der Waals surface area contributed by atoms with Gasteiger partial charge in [-0.3, -0.25) is 9.69 Å². The van der Waals surface area contributed by atoms with E-state index in [-0.39, 0.29) is 0 Å². The summed E-state index contributed by atoms with van der Waals surface area (Å²) in [5, 5.41) is 0. The molecule has 0 unspecified atom stereocenters. The molecule has 0 N–H and O–H groups in total. The van der Waals surface area contributed by atoms with Crippen LogP contribution in [0.25, 0.3) is 6.08 Å². The van der Waals surface area contributed by atoms with Crippen molar-refractivity contribution in [3.63, 3.8) is 0 Å². The number of carbonyl (C=O) groups excluding carboxylic acids is 1. The van der Waals surface area contributed by atoms with Crippen LogP contribution in [0, 0.1) is 5.92 Å². The number of piperidine rings is 2. The van der Waals surface area contributed by atoms with E-state index in [9.17, 15) is 4.79 Å². The van der Waals surface area contributed by atoms with Crippen LogP contribution in [0.2, 0.25) is 0 Å². The Balaban J connectivity index is 1.32. The molecule has 154 valence electrons. The number of furan rings is 1. The number of benzene rings is 1. The lowest BCUT2D eigenvalue weighted by Gasteiger charge is -2.47. The number of nitrogens with zero attached hydrogens (tertiary/aromatic N) is 2. The molecule has 1 amide bonds. The van der Waals surface area contributed by atoms with Crippen molar-refractivity contribution < 1.29 is 13.9 Å². The van der Waals surface area contributed by atoms with Gasteiger partial charge in [-0.1, -0.05) is 18.2 Å². The van der Waals surface area contributed by atoms with Crippen molar-refractivity contribution >= 4 is 12.0 Å². The average molecular weight is 395 g/mol. The summed E-state index contributed by atoms with van der Waals surface area (Å²) in [5.41, 5.74) is 1.22. The molecule has 2 atom stereocenters. The lowest BCUT2D eigenvalue weighted by atomic mass is 9.83. The van der Waals surface area contributed by atoms with Crippen LogP contribution >= 0.6 is 0 Å². The normalized spacial score (nSPS) is 22.8. The van der Waals surface area contributed by atoms with Gasteiger partial charge in [0.1, 0.15) is 11.5 Å². The molecule has 2 aliphatic heterocycles. The van der Waals surface area contributed by atoms with Gasteiger partial charge in [0.05, 0.1) is 13.4 Å². The van der Waals surface area contributed by atoms with Gasteiger partial charge >= 0.3 is 0 Å². The summed E-state index contributed by atoms with van der Waals surface area (Å²) in [6.45, 7) is 3.83. The molecule has 2 saturated heterocycles. The smallest absolute Gasteiger partial charge is 0.222 e. The summed E-state index contributed by atoms with van der Waals surface area (Å²) in [6.07, 6.45) is 9.53. The monoisotopic (exact) mass is 394 g/mol. The van der Waals surface area contributed by atoms with Gasteiger partial charge in [0.2, 0.25) is 5.91 Å². The predicted molar refractivity (Wildman–Crippen MR) is 114 cm³/mol. The molecule has 2 fully saturated rings. The zero-order chi connectivity index (χ0) is 20.1. The van der Waals surface area contributed by atoms with E-state index < -0.39 is 0 Å². The Kier molecular flexibility index (Phi) is 6.35. The summed E-state index contributed by atoms with van der Waals surface area (Å²) in [6, 6.07) is 12.4. The summed E-state index contributed by atoms with van der Waals surface area (Å²) in [5.74, 6) is 2.66. The van der Waals surface area contributed by atoms with Gasteiger partial charge in [0.25, 0.3) is 0 Å². The van der Waals surface area contributed by atoms with Crippen LogP contribution in [-0.4, -0.2) is 55.0 Å². The molecule has 1 aromatic carbocycles. The van der Waals surface area contributed by atoms with Crippen LogP contribution in [0.15, 0.2) is 53.2 Å². The van der Waals surface area contributed by atoms with Crippen molar-refractivity contribution in [1.82, 2.24) is 9.80 Å². The molecule has 3 heterocycles. The second kappa shape index (κ2) is 9.31. The number of ether oxygens (including phenoxy) is 1. The number of amides is 1. The van der Waals surface area contributed by atoms with Crippen LogP contribution in [0.1, 0.15) is 30.6 Å². The maximum atomic E-state index is 12.6. The highest BCUT2D eigenvalue weighted by atomic mass is 16.5. The molecule has 2 aromatic rings. The Labute approximate surface area is 172 Å². The molecule has 0 saturated carbocycles. The number of carbonyl (C=O) groups is 1. The maximum absolute atomic E-state index is 12.6. The van der Waals surface area contributed by atoms with Crippen LogP contribution in [0.3, 0.4) is 0 Å². The first-order valence-electron chi connectivity index (χ1n) is 10.6. The zero-order valence-corrected chi connectivity index (χ0v) is 17.1. The third kappa shape index (κ3) is 4.91. The largest absolute Gasteiger partial charge is 0.497 e. The van der Waals surface area contributed by atoms with E-state index in [4.69, 9.17) is 9.15 Å². The highest BCUT2D eigenvalue weighted by Gasteiger charge is 2.38. The Bertz CT molecular complexity index is 830.